The van der Waals surface area contributed by atoms with Gasteiger partial charge in [0.15, 0.2) is 11.5 Å². The van der Waals surface area contributed by atoms with E-state index in [0.717, 1.165) is 47.0 Å². The van der Waals surface area contributed by atoms with Gasteiger partial charge in [-0.25, -0.2) is 9.97 Å². The fourth-order valence-electron chi connectivity index (χ4n) is 3.12. The number of nitrogens with zero attached hydrogens (tertiary/aromatic N) is 4. The van der Waals surface area contributed by atoms with E-state index in [4.69, 9.17) is 9.72 Å². The molecule has 1 saturated heterocycles. The lowest BCUT2D eigenvalue weighted by molar-refractivity contribution is 0.122. The zero-order valence-electron chi connectivity index (χ0n) is 14.8. The van der Waals surface area contributed by atoms with E-state index in [0.29, 0.717) is 18.9 Å². The van der Waals surface area contributed by atoms with Crippen molar-refractivity contribution < 1.29 is 13.2 Å². The summed E-state index contributed by atoms with van der Waals surface area (Å²) in [4.78, 5) is 11.7. The van der Waals surface area contributed by atoms with Crippen LogP contribution in [0.5, 0.6) is 0 Å². The normalized spacial score (nSPS) is 14.3. The van der Waals surface area contributed by atoms with Crippen molar-refractivity contribution in [2.45, 2.75) is 6.92 Å². The molecular weight excluding hydrogens is 366 g/mol. The van der Waals surface area contributed by atoms with E-state index < -0.39 is 10.3 Å². The third kappa shape index (κ3) is 3.79. The van der Waals surface area contributed by atoms with Crippen LogP contribution in [0.2, 0.25) is 0 Å². The maximum Gasteiger partial charge on any atom is 0.230 e. The average molecular weight is 385 g/mol. The number of benzene rings is 1. The highest BCUT2D eigenvalue weighted by Crippen LogP contribution is 2.27. The molecule has 27 heavy (non-hydrogen) atoms. The van der Waals surface area contributed by atoms with Crippen molar-refractivity contribution in [2.75, 3.05) is 36.5 Å². The van der Waals surface area contributed by atoms with Gasteiger partial charge in [-0.1, -0.05) is 12.1 Å². The number of anilines is 2. The molecule has 3 aromatic rings. The Morgan fingerprint density at radius 2 is 2.00 bits per heavy atom. The Balaban J connectivity index is 1.80. The molecule has 9 heteroatoms. The van der Waals surface area contributed by atoms with E-state index in [1.54, 1.807) is 6.07 Å². The van der Waals surface area contributed by atoms with Crippen LogP contribution in [0.1, 0.15) is 5.69 Å². The number of hydrogen-bond donors (Lipinski definition) is 1. The van der Waals surface area contributed by atoms with E-state index >= 15 is 0 Å². The van der Waals surface area contributed by atoms with E-state index in [1.807, 2.05) is 41.9 Å². The summed E-state index contributed by atoms with van der Waals surface area (Å²) in [6.45, 7) is 4.83. The molecule has 1 aromatic carbocycles. The monoisotopic (exact) mass is 385 g/mol. The van der Waals surface area contributed by atoms with Crippen LogP contribution in [0.3, 0.4) is 0 Å². The van der Waals surface area contributed by atoms with Gasteiger partial charge in [-0.05, 0) is 19.1 Å². The molecule has 1 N–H and O–H groups in total. The lowest BCUT2D eigenvalue weighted by atomic mass is 10.1. The van der Waals surface area contributed by atoms with Gasteiger partial charge in [-0.15, -0.1) is 0 Å². The van der Waals surface area contributed by atoms with Crippen LogP contribution in [0.4, 0.5) is 11.5 Å². The quantitative estimate of drug-likeness (QED) is 0.682. The SMILES string of the molecule is Cc1cn2cc(-c3cccc(NC=S(=O)=O)c3)nc(N3CCOCC3)c2n1. The first-order valence-corrected chi connectivity index (χ1v) is 9.71. The summed E-state index contributed by atoms with van der Waals surface area (Å²) >= 11 is 0. The highest BCUT2D eigenvalue weighted by molar-refractivity contribution is 7.71. The summed E-state index contributed by atoms with van der Waals surface area (Å²) in [6.07, 6.45) is 3.91. The van der Waals surface area contributed by atoms with Gasteiger partial charge < -0.3 is 19.4 Å². The van der Waals surface area contributed by atoms with Crippen molar-refractivity contribution in [3.63, 3.8) is 0 Å². The molecule has 1 aliphatic heterocycles. The fraction of sp³-hybridized carbons (Fsp3) is 0.278. The summed E-state index contributed by atoms with van der Waals surface area (Å²) in [5, 5.41) is 2.76. The van der Waals surface area contributed by atoms with Crippen LogP contribution < -0.4 is 10.2 Å². The van der Waals surface area contributed by atoms with Crippen LogP contribution in [0.25, 0.3) is 16.9 Å². The molecule has 8 nitrogen and oxygen atoms in total. The molecule has 0 bridgehead atoms. The molecule has 0 saturated carbocycles. The fourth-order valence-corrected chi connectivity index (χ4v) is 3.35. The summed E-state index contributed by atoms with van der Waals surface area (Å²) in [6, 6.07) is 7.47. The zero-order chi connectivity index (χ0) is 18.8. The molecule has 0 amide bonds. The van der Waals surface area contributed by atoms with Crippen LogP contribution in [0, 0.1) is 6.92 Å². The van der Waals surface area contributed by atoms with Crippen LogP contribution in [-0.2, 0) is 15.0 Å². The van der Waals surface area contributed by atoms with E-state index in [1.165, 1.54) is 0 Å². The zero-order valence-corrected chi connectivity index (χ0v) is 15.6. The molecular formula is C18H19N5O3S. The number of aromatic nitrogens is 3. The first-order valence-electron chi connectivity index (χ1n) is 8.57. The first-order chi connectivity index (χ1) is 13.1. The van der Waals surface area contributed by atoms with Crippen molar-refractivity contribution in [2.24, 2.45) is 0 Å². The predicted octanol–water partition coefficient (Wildman–Crippen LogP) is 1.59. The minimum Gasteiger partial charge on any atom is -0.378 e. The van der Waals surface area contributed by atoms with Gasteiger partial charge in [-0.3, -0.25) is 0 Å². The van der Waals surface area contributed by atoms with Gasteiger partial charge in [0.25, 0.3) is 0 Å². The molecule has 4 rings (SSSR count). The Hall–Kier alpha value is -2.91. The van der Waals surface area contributed by atoms with E-state index in [2.05, 4.69) is 15.2 Å². The second kappa shape index (κ2) is 7.37. The Morgan fingerprint density at radius 3 is 2.78 bits per heavy atom. The third-order valence-electron chi connectivity index (χ3n) is 4.33. The molecule has 0 radical (unpaired) electrons. The Morgan fingerprint density at radius 1 is 1.19 bits per heavy atom. The second-order valence-electron chi connectivity index (χ2n) is 6.27. The van der Waals surface area contributed by atoms with Crippen molar-refractivity contribution in [1.29, 1.82) is 0 Å². The molecule has 1 fully saturated rings. The molecule has 2 aromatic heterocycles. The third-order valence-corrected chi connectivity index (χ3v) is 4.64. The second-order valence-corrected chi connectivity index (χ2v) is 7.02. The lowest BCUT2D eigenvalue weighted by Gasteiger charge is -2.28. The number of nitrogens with one attached hydrogen (secondary N) is 1. The van der Waals surface area contributed by atoms with E-state index in [-0.39, 0.29) is 0 Å². The van der Waals surface area contributed by atoms with Gasteiger partial charge in [0.1, 0.15) is 5.49 Å². The number of imidazole rings is 1. The maximum absolute atomic E-state index is 10.7. The van der Waals surface area contributed by atoms with Crippen molar-refractivity contribution in [1.82, 2.24) is 14.4 Å². The van der Waals surface area contributed by atoms with Crippen molar-refractivity contribution in [3.8, 4) is 11.3 Å². The Kier molecular flexibility index (Phi) is 4.78. The molecule has 140 valence electrons. The lowest BCUT2D eigenvalue weighted by Crippen LogP contribution is -2.37. The number of aryl methyl sites for hydroxylation is 1. The topological polar surface area (TPSA) is 88.8 Å². The minimum absolute atomic E-state index is 0.666. The van der Waals surface area contributed by atoms with Gasteiger partial charge in [0.05, 0.1) is 24.6 Å². The summed E-state index contributed by atoms with van der Waals surface area (Å²) in [5.41, 5.74) is 5.09. The highest BCUT2D eigenvalue weighted by atomic mass is 32.2. The average Bonchev–Trinajstić information content (AvgIpc) is 3.06. The van der Waals surface area contributed by atoms with Gasteiger partial charge in [-0.2, -0.15) is 8.42 Å². The molecule has 0 spiro atoms. The van der Waals surface area contributed by atoms with Crippen LogP contribution >= 0.6 is 0 Å². The molecule has 0 atom stereocenters. The smallest absolute Gasteiger partial charge is 0.230 e. The largest absolute Gasteiger partial charge is 0.378 e. The Bertz CT molecular complexity index is 1110. The predicted molar refractivity (Wildman–Crippen MR) is 105 cm³/mol. The molecule has 1 aliphatic rings. The standard InChI is InChI=1S/C18H19N5O3S/c1-13-10-23-11-16(14-3-2-4-15(9-14)19-12-27(24)25)21-18(17(23)20-13)22-5-7-26-8-6-22/h2-4,9-12,19H,5-8H2,1H3. The number of fused-ring (bicyclic) bond motifs is 1. The van der Waals surface area contributed by atoms with Gasteiger partial charge in [0.2, 0.25) is 10.3 Å². The summed E-state index contributed by atoms with van der Waals surface area (Å²) in [5.74, 6) is 0.828. The summed E-state index contributed by atoms with van der Waals surface area (Å²) in [7, 11) is -2.27. The van der Waals surface area contributed by atoms with Crippen molar-refractivity contribution in [3.05, 3.63) is 42.4 Å². The van der Waals surface area contributed by atoms with Gasteiger partial charge >= 0.3 is 0 Å². The Labute approximate surface area is 158 Å². The summed E-state index contributed by atoms with van der Waals surface area (Å²) < 4.78 is 28.9. The number of rotatable bonds is 4. The van der Waals surface area contributed by atoms with E-state index in [9.17, 15) is 8.42 Å². The maximum atomic E-state index is 10.7. The molecule has 0 aliphatic carbocycles. The minimum atomic E-state index is -2.27. The number of morpholine rings is 1. The van der Waals surface area contributed by atoms with Crippen LogP contribution in [0.15, 0.2) is 36.7 Å². The number of ether oxygens (including phenoxy) is 1. The molecule has 0 unspecified atom stereocenters. The first kappa shape index (κ1) is 17.5. The van der Waals surface area contributed by atoms with Crippen molar-refractivity contribution >= 4 is 32.9 Å². The van der Waals surface area contributed by atoms with Crippen LogP contribution in [-0.4, -0.2) is 54.6 Å². The highest BCUT2D eigenvalue weighted by Gasteiger charge is 2.19. The molecule has 3 heterocycles. The number of hydrogen-bond acceptors (Lipinski definition) is 6. The van der Waals surface area contributed by atoms with Gasteiger partial charge in [0, 0.05) is 36.7 Å².